The van der Waals surface area contributed by atoms with E-state index in [4.69, 9.17) is 0 Å². The lowest BCUT2D eigenvalue weighted by molar-refractivity contribution is -0.148. The molecule has 0 amide bonds. The summed E-state index contributed by atoms with van der Waals surface area (Å²) in [5.41, 5.74) is -0.0375. The predicted octanol–water partition coefficient (Wildman–Crippen LogP) is 2.55. The van der Waals surface area contributed by atoms with Crippen molar-refractivity contribution in [2.75, 3.05) is 26.2 Å². The van der Waals surface area contributed by atoms with E-state index in [1.165, 1.54) is 6.07 Å². The molecule has 0 aromatic heterocycles. The first-order valence-corrected chi connectivity index (χ1v) is 6.55. The van der Waals surface area contributed by atoms with Gasteiger partial charge in [-0.3, -0.25) is 4.90 Å². The minimum atomic E-state index is -4.41. The van der Waals surface area contributed by atoms with Crippen molar-refractivity contribution in [3.8, 4) is 17.2 Å². The Morgan fingerprint density at radius 1 is 1.04 bits per heavy atom. The van der Waals surface area contributed by atoms with E-state index in [0.29, 0.717) is 26.2 Å². The van der Waals surface area contributed by atoms with Crippen LogP contribution in [0.2, 0.25) is 0 Å². The number of nitrogens with one attached hydrogen (secondary N) is 1. The third kappa shape index (κ3) is 5.49. The molecule has 2 rings (SSSR count). The lowest BCUT2D eigenvalue weighted by Gasteiger charge is -2.36. The SMILES string of the molecule is Cl.Cl.Oc1ccc([C@@H](CC(F)(F)F)N2CCNCC2)c(O)c1O. The van der Waals surface area contributed by atoms with Gasteiger partial charge in [-0.15, -0.1) is 24.8 Å². The highest BCUT2D eigenvalue weighted by Gasteiger charge is 2.37. The Balaban J connectivity index is 0.00000242. The summed E-state index contributed by atoms with van der Waals surface area (Å²) in [6.45, 7) is 1.92. The standard InChI is InChI=1S/C13H17F3N2O3.2ClH/c14-13(15,16)7-9(18-5-3-17-4-6-18)8-1-2-10(19)12(21)11(8)20;;/h1-2,9,17,19-21H,3-7H2;2*1H/t9-;;/m1../s1. The van der Waals surface area contributed by atoms with Crippen LogP contribution in [0.1, 0.15) is 18.0 Å². The van der Waals surface area contributed by atoms with Crippen molar-refractivity contribution in [2.24, 2.45) is 0 Å². The molecule has 134 valence electrons. The van der Waals surface area contributed by atoms with Crippen LogP contribution in [0.5, 0.6) is 17.2 Å². The van der Waals surface area contributed by atoms with Gasteiger partial charge in [-0.1, -0.05) is 0 Å². The molecule has 0 unspecified atom stereocenters. The van der Waals surface area contributed by atoms with Gasteiger partial charge in [-0.05, 0) is 12.1 Å². The summed E-state index contributed by atoms with van der Waals surface area (Å²) < 4.78 is 38.5. The molecule has 1 aliphatic heterocycles. The largest absolute Gasteiger partial charge is 0.504 e. The maximum Gasteiger partial charge on any atom is 0.390 e. The maximum atomic E-state index is 12.8. The summed E-state index contributed by atoms with van der Waals surface area (Å²) in [6, 6.07) is 1.19. The molecule has 4 N–H and O–H groups in total. The molecule has 0 spiro atoms. The van der Waals surface area contributed by atoms with Crippen molar-refractivity contribution >= 4 is 24.8 Å². The molecule has 0 bridgehead atoms. The number of nitrogens with zero attached hydrogens (tertiary/aromatic N) is 1. The van der Waals surface area contributed by atoms with Gasteiger partial charge in [-0.25, -0.2) is 0 Å². The lowest BCUT2D eigenvalue weighted by atomic mass is 9.99. The van der Waals surface area contributed by atoms with E-state index in [1.807, 2.05) is 0 Å². The number of phenolic OH excluding ortho intramolecular Hbond substituents is 3. The Labute approximate surface area is 143 Å². The quantitative estimate of drug-likeness (QED) is 0.608. The molecule has 1 heterocycles. The van der Waals surface area contributed by atoms with Crippen LogP contribution in [0.25, 0.3) is 0 Å². The second kappa shape index (κ2) is 8.68. The molecule has 1 aromatic carbocycles. The molecule has 1 aromatic rings. The summed E-state index contributed by atoms with van der Waals surface area (Å²) in [5.74, 6) is -2.07. The first kappa shape index (κ1) is 21.9. The highest BCUT2D eigenvalue weighted by atomic mass is 35.5. The predicted molar refractivity (Wildman–Crippen MR) is 83.8 cm³/mol. The van der Waals surface area contributed by atoms with Crippen molar-refractivity contribution < 1.29 is 28.5 Å². The van der Waals surface area contributed by atoms with Gasteiger partial charge < -0.3 is 20.6 Å². The number of rotatable bonds is 3. The first-order valence-electron chi connectivity index (χ1n) is 6.55. The molecule has 23 heavy (non-hydrogen) atoms. The van der Waals surface area contributed by atoms with Crippen molar-refractivity contribution in [1.82, 2.24) is 10.2 Å². The van der Waals surface area contributed by atoms with Crippen molar-refractivity contribution in [3.05, 3.63) is 17.7 Å². The first-order chi connectivity index (χ1) is 9.79. The summed E-state index contributed by atoms with van der Waals surface area (Å²) in [4.78, 5) is 1.61. The van der Waals surface area contributed by atoms with Crippen molar-refractivity contribution in [1.29, 1.82) is 0 Å². The van der Waals surface area contributed by atoms with Crippen LogP contribution < -0.4 is 5.32 Å². The molecule has 0 aliphatic carbocycles. The van der Waals surface area contributed by atoms with Gasteiger partial charge in [0.05, 0.1) is 6.42 Å². The maximum absolute atomic E-state index is 12.8. The molecular weight excluding hydrogens is 360 g/mol. The Morgan fingerprint density at radius 3 is 2.13 bits per heavy atom. The van der Waals surface area contributed by atoms with Crippen LogP contribution in [-0.4, -0.2) is 52.6 Å². The number of aromatic hydroxyl groups is 3. The fourth-order valence-corrected chi connectivity index (χ4v) is 2.50. The third-order valence-electron chi connectivity index (χ3n) is 3.54. The Kier molecular flexibility index (Phi) is 8.26. The van der Waals surface area contributed by atoms with Crippen molar-refractivity contribution in [2.45, 2.75) is 18.6 Å². The number of phenols is 3. The molecule has 1 fully saturated rings. The van der Waals surface area contributed by atoms with Gasteiger partial charge in [0, 0.05) is 37.8 Å². The number of alkyl halides is 3. The van der Waals surface area contributed by atoms with Crippen LogP contribution in [-0.2, 0) is 0 Å². The van der Waals surface area contributed by atoms with Gasteiger partial charge in [0.15, 0.2) is 11.5 Å². The zero-order valence-electron chi connectivity index (χ0n) is 12.0. The van der Waals surface area contributed by atoms with E-state index in [-0.39, 0.29) is 30.4 Å². The van der Waals surface area contributed by atoms with E-state index in [0.717, 1.165) is 6.07 Å². The van der Waals surface area contributed by atoms with E-state index in [1.54, 1.807) is 4.90 Å². The second-order valence-electron chi connectivity index (χ2n) is 4.99. The van der Waals surface area contributed by atoms with Crippen LogP contribution in [0.4, 0.5) is 13.2 Å². The summed E-state index contributed by atoms with van der Waals surface area (Å²) in [5, 5.41) is 31.7. The van der Waals surface area contributed by atoms with Gasteiger partial charge in [0.2, 0.25) is 5.75 Å². The zero-order valence-corrected chi connectivity index (χ0v) is 13.6. The topological polar surface area (TPSA) is 76.0 Å². The summed E-state index contributed by atoms with van der Waals surface area (Å²) >= 11 is 0. The van der Waals surface area contributed by atoms with E-state index < -0.39 is 35.9 Å². The van der Waals surface area contributed by atoms with Crippen LogP contribution in [0, 0.1) is 0 Å². The van der Waals surface area contributed by atoms with E-state index in [9.17, 15) is 28.5 Å². The van der Waals surface area contributed by atoms with Gasteiger partial charge in [0.1, 0.15) is 0 Å². The van der Waals surface area contributed by atoms with Gasteiger partial charge >= 0.3 is 6.18 Å². The fraction of sp³-hybridized carbons (Fsp3) is 0.538. The molecule has 1 atom stereocenters. The Morgan fingerprint density at radius 2 is 1.61 bits per heavy atom. The Hall–Kier alpha value is -1.09. The monoisotopic (exact) mass is 378 g/mol. The molecular formula is C13H19Cl2F3N2O3. The second-order valence-corrected chi connectivity index (χ2v) is 4.99. The number of hydrogen-bond acceptors (Lipinski definition) is 5. The van der Waals surface area contributed by atoms with Crippen LogP contribution in [0.3, 0.4) is 0 Å². The summed E-state index contributed by atoms with van der Waals surface area (Å²) in [6.07, 6.45) is -5.54. The van der Waals surface area contributed by atoms with E-state index >= 15 is 0 Å². The number of piperazine rings is 1. The van der Waals surface area contributed by atoms with E-state index in [2.05, 4.69) is 5.32 Å². The molecule has 10 heteroatoms. The lowest BCUT2D eigenvalue weighted by Crippen LogP contribution is -2.46. The number of hydrogen-bond donors (Lipinski definition) is 4. The van der Waals surface area contributed by atoms with Crippen LogP contribution >= 0.6 is 24.8 Å². The van der Waals surface area contributed by atoms with Gasteiger partial charge in [0.25, 0.3) is 0 Å². The minimum Gasteiger partial charge on any atom is -0.504 e. The van der Waals surface area contributed by atoms with Crippen molar-refractivity contribution in [3.63, 3.8) is 0 Å². The highest BCUT2D eigenvalue weighted by Crippen LogP contribution is 2.44. The number of benzene rings is 1. The molecule has 0 saturated carbocycles. The minimum absolute atomic E-state index is 0. The Bertz CT molecular complexity index is 512. The molecule has 5 nitrogen and oxygen atoms in total. The average Bonchev–Trinajstić information content (AvgIpc) is 2.43. The molecule has 1 saturated heterocycles. The zero-order chi connectivity index (χ0) is 15.6. The van der Waals surface area contributed by atoms with Gasteiger partial charge in [-0.2, -0.15) is 13.2 Å². The normalized spacial score (nSPS) is 17.0. The molecule has 0 radical (unpaired) electrons. The fourth-order valence-electron chi connectivity index (χ4n) is 2.50. The highest BCUT2D eigenvalue weighted by molar-refractivity contribution is 5.85. The smallest absolute Gasteiger partial charge is 0.390 e. The molecule has 1 aliphatic rings. The summed E-state index contributed by atoms with van der Waals surface area (Å²) in [7, 11) is 0. The number of halogens is 5. The average molecular weight is 379 g/mol. The third-order valence-corrected chi connectivity index (χ3v) is 3.54. The van der Waals surface area contributed by atoms with Crippen LogP contribution in [0.15, 0.2) is 12.1 Å².